The first-order valence-corrected chi connectivity index (χ1v) is 7.77. The topological polar surface area (TPSA) is 38.5 Å². The summed E-state index contributed by atoms with van der Waals surface area (Å²) in [5, 5.41) is 0. The van der Waals surface area contributed by atoms with Crippen LogP contribution in [-0.2, 0) is 13.0 Å². The van der Waals surface area contributed by atoms with Gasteiger partial charge in [-0.25, -0.2) is 0 Å². The van der Waals surface area contributed by atoms with Crippen molar-refractivity contribution in [2.75, 3.05) is 20.2 Å². The monoisotopic (exact) mass is 312 g/mol. The van der Waals surface area contributed by atoms with Gasteiger partial charge in [-0.2, -0.15) is 0 Å². The molecule has 1 aromatic carbocycles. The van der Waals surface area contributed by atoms with Crippen LogP contribution in [0.1, 0.15) is 37.8 Å². The number of piperidine rings is 1. The van der Waals surface area contributed by atoms with Gasteiger partial charge < -0.3 is 10.5 Å². The van der Waals surface area contributed by atoms with Crippen LogP contribution in [0.3, 0.4) is 0 Å². The Morgan fingerprint density at radius 1 is 1.29 bits per heavy atom. The van der Waals surface area contributed by atoms with Crippen molar-refractivity contribution in [3.8, 4) is 5.75 Å². The molecule has 1 atom stereocenters. The summed E-state index contributed by atoms with van der Waals surface area (Å²) in [4.78, 5) is 2.56. The Balaban J connectivity index is 0.00000220. The lowest BCUT2D eigenvalue weighted by molar-refractivity contribution is 0.165. The average molecular weight is 313 g/mol. The van der Waals surface area contributed by atoms with Gasteiger partial charge in [0.1, 0.15) is 5.75 Å². The molecule has 0 spiro atoms. The molecule has 0 amide bonds. The van der Waals surface area contributed by atoms with E-state index in [9.17, 15) is 0 Å². The van der Waals surface area contributed by atoms with Gasteiger partial charge in [-0.3, -0.25) is 4.90 Å². The molecule has 1 saturated heterocycles. The van der Waals surface area contributed by atoms with Crippen LogP contribution in [-0.4, -0.2) is 31.1 Å². The molecule has 1 heterocycles. The second-order valence-electron chi connectivity index (χ2n) is 5.96. The van der Waals surface area contributed by atoms with Crippen LogP contribution < -0.4 is 10.5 Å². The summed E-state index contributed by atoms with van der Waals surface area (Å²) in [7, 11) is 1.73. The van der Waals surface area contributed by atoms with Crippen LogP contribution in [0, 0.1) is 5.92 Å². The molecular weight excluding hydrogens is 284 g/mol. The molecule has 1 aliphatic heterocycles. The van der Waals surface area contributed by atoms with Crippen LogP contribution in [0.2, 0.25) is 0 Å². The molecular formula is C17H29ClN2O. The van der Waals surface area contributed by atoms with Crippen molar-refractivity contribution in [2.45, 2.75) is 45.7 Å². The van der Waals surface area contributed by atoms with E-state index in [2.05, 4.69) is 36.9 Å². The minimum absolute atomic E-state index is 0. The van der Waals surface area contributed by atoms with Crippen molar-refractivity contribution < 1.29 is 4.74 Å². The van der Waals surface area contributed by atoms with Gasteiger partial charge in [0.25, 0.3) is 0 Å². The Hall–Kier alpha value is -0.770. The zero-order chi connectivity index (χ0) is 14.5. The van der Waals surface area contributed by atoms with Gasteiger partial charge in [-0.15, -0.1) is 12.4 Å². The molecule has 1 unspecified atom stereocenters. The molecule has 4 heteroatoms. The predicted molar refractivity (Wildman–Crippen MR) is 91.3 cm³/mol. The number of hydrogen-bond acceptors (Lipinski definition) is 3. The SMILES string of the molecule is CCc1cc(OC)ccc1CN1CCC(C(C)N)CC1.Cl. The number of nitrogens with zero attached hydrogens (tertiary/aromatic N) is 1. The summed E-state index contributed by atoms with van der Waals surface area (Å²) in [6, 6.07) is 6.80. The number of nitrogens with two attached hydrogens (primary N) is 1. The molecule has 1 aliphatic rings. The normalized spacial score (nSPS) is 18.1. The van der Waals surface area contributed by atoms with Crippen LogP contribution in [0.25, 0.3) is 0 Å². The standard InChI is InChI=1S/C17H28N2O.ClH/c1-4-14-11-17(20-3)6-5-16(14)12-19-9-7-15(8-10-19)13(2)18;/h5-6,11,13,15H,4,7-10,12,18H2,1-3H3;1H. The van der Waals surface area contributed by atoms with Gasteiger partial charge in [0.05, 0.1) is 7.11 Å². The molecule has 21 heavy (non-hydrogen) atoms. The van der Waals surface area contributed by atoms with Gasteiger partial charge in [-0.05, 0) is 68.5 Å². The molecule has 2 rings (SSSR count). The van der Waals surface area contributed by atoms with E-state index in [4.69, 9.17) is 10.5 Å². The Morgan fingerprint density at radius 3 is 2.48 bits per heavy atom. The summed E-state index contributed by atoms with van der Waals surface area (Å²) < 4.78 is 5.31. The molecule has 1 fully saturated rings. The summed E-state index contributed by atoms with van der Waals surface area (Å²) in [5.41, 5.74) is 8.85. The minimum Gasteiger partial charge on any atom is -0.497 e. The maximum Gasteiger partial charge on any atom is 0.119 e. The number of methoxy groups -OCH3 is 1. The van der Waals surface area contributed by atoms with Crippen LogP contribution >= 0.6 is 12.4 Å². The van der Waals surface area contributed by atoms with Crippen LogP contribution in [0.5, 0.6) is 5.75 Å². The predicted octanol–water partition coefficient (Wildman–Crippen LogP) is 3.24. The van der Waals surface area contributed by atoms with Gasteiger partial charge in [0.2, 0.25) is 0 Å². The Morgan fingerprint density at radius 2 is 1.95 bits per heavy atom. The van der Waals surface area contributed by atoms with E-state index in [0.717, 1.165) is 18.7 Å². The number of rotatable bonds is 5. The second-order valence-corrected chi connectivity index (χ2v) is 5.96. The number of likely N-dealkylation sites (tertiary alicyclic amines) is 1. The third-order valence-electron chi connectivity index (χ3n) is 4.56. The fourth-order valence-electron chi connectivity index (χ4n) is 3.09. The van der Waals surface area contributed by atoms with Gasteiger partial charge in [0, 0.05) is 12.6 Å². The Labute approximate surface area is 135 Å². The number of ether oxygens (including phenoxy) is 1. The second kappa shape index (κ2) is 8.62. The zero-order valence-electron chi connectivity index (χ0n) is 13.5. The molecule has 0 bridgehead atoms. The quantitative estimate of drug-likeness (QED) is 0.907. The third kappa shape index (κ3) is 4.87. The summed E-state index contributed by atoms with van der Waals surface area (Å²) in [6.45, 7) is 7.74. The van der Waals surface area contributed by atoms with E-state index in [-0.39, 0.29) is 12.4 Å². The van der Waals surface area contributed by atoms with Gasteiger partial charge >= 0.3 is 0 Å². The summed E-state index contributed by atoms with van der Waals surface area (Å²) in [5.74, 6) is 1.66. The fourth-order valence-corrected chi connectivity index (χ4v) is 3.09. The lowest BCUT2D eigenvalue weighted by Crippen LogP contribution is -2.39. The van der Waals surface area contributed by atoms with Crippen molar-refractivity contribution in [3.63, 3.8) is 0 Å². The number of halogens is 1. The summed E-state index contributed by atoms with van der Waals surface area (Å²) in [6.07, 6.45) is 3.52. The molecule has 1 aromatic rings. The van der Waals surface area contributed by atoms with Gasteiger partial charge in [-0.1, -0.05) is 13.0 Å². The molecule has 0 aromatic heterocycles. The molecule has 120 valence electrons. The summed E-state index contributed by atoms with van der Waals surface area (Å²) >= 11 is 0. The smallest absolute Gasteiger partial charge is 0.119 e. The van der Waals surface area contributed by atoms with E-state index in [0.29, 0.717) is 12.0 Å². The van der Waals surface area contributed by atoms with Crippen molar-refractivity contribution in [3.05, 3.63) is 29.3 Å². The van der Waals surface area contributed by atoms with Crippen molar-refractivity contribution in [2.24, 2.45) is 11.7 Å². The highest BCUT2D eigenvalue weighted by atomic mass is 35.5. The van der Waals surface area contributed by atoms with E-state index < -0.39 is 0 Å². The Bertz CT molecular complexity index is 429. The lowest BCUT2D eigenvalue weighted by atomic mass is 9.90. The van der Waals surface area contributed by atoms with E-state index >= 15 is 0 Å². The van der Waals surface area contributed by atoms with Crippen LogP contribution in [0.15, 0.2) is 18.2 Å². The molecule has 0 radical (unpaired) electrons. The van der Waals surface area contributed by atoms with Crippen molar-refractivity contribution >= 4 is 12.4 Å². The maximum absolute atomic E-state index is 6.01. The highest BCUT2D eigenvalue weighted by Crippen LogP contribution is 2.24. The van der Waals surface area contributed by atoms with E-state index in [1.54, 1.807) is 7.11 Å². The highest BCUT2D eigenvalue weighted by molar-refractivity contribution is 5.85. The first-order valence-electron chi connectivity index (χ1n) is 7.77. The van der Waals surface area contributed by atoms with E-state index in [1.807, 2.05) is 0 Å². The molecule has 3 nitrogen and oxygen atoms in total. The molecule has 2 N–H and O–H groups in total. The number of hydrogen-bond donors (Lipinski definition) is 1. The number of benzene rings is 1. The van der Waals surface area contributed by atoms with Crippen molar-refractivity contribution in [1.82, 2.24) is 4.90 Å². The first-order chi connectivity index (χ1) is 9.63. The zero-order valence-corrected chi connectivity index (χ0v) is 14.3. The highest BCUT2D eigenvalue weighted by Gasteiger charge is 2.22. The average Bonchev–Trinajstić information content (AvgIpc) is 2.48. The fraction of sp³-hybridized carbons (Fsp3) is 0.647. The maximum atomic E-state index is 6.01. The van der Waals surface area contributed by atoms with Gasteiger partial charge in [0.15, 0.2) is 0 Å². The van der Waals surface area contributed by atoms with Crippen molar-refractivity contribution in [1.29, 1.82) is 0 Å². The molecule has 0 saturated carbocycles. The Kier molecular flexibility index (Phi) is 7.50. The largest absolute Gasteiger partial charge is 0.497 e. The first kappa shape index (κ1) is 18.3. The lowest BCUT2D eigenvalue weighted by Gasteiger charge is -2.34. The molecule has 0 aliphatic carbocycles. The third-order valence-corrected chi connectivity index (χ3v) is 4.56. The van der Waals surface area contributed by atoms with E-state index in [1.165, 1.54) is 37.1 Å². The van der Waals surface area contributed by atoms with Crippen LogP contribution in [0.4, 0.5) is 0 Å². The minimum atomic E-state index is 0. The number of aryl methyl sites for hydroxylation is 1.